The Morgan fingerprint density at radius 2 is 2.00 bits per heavy atom. The predicted molar refractivity (Wildman–Crippen MR) is 113 cm³/mol. The van der Waals surface area contributed by atoms with E-state index in [1.54, 1.807) is 13.2 Å². The summed E-state index contributed by atoms with van der Waals surface area (Å²) in [5, 5.41) is 36.3. The van der Waals surface area contributed by atoms with Crippen LogP contribution in [-0.2, 0) is 14.3 Å². The molecular formula is C19H35ClN2O6S. The maximum absolute atomic E-state index is 12.9. The summed E-state index contributed by atoms with van der Waals surface area (Å²) in [6.45, 7) is 5.78. The second-order valence-electron chi connectivity index (χ2n) is 7.79. The number of rotatable bonds is 8. The molecule has 0 aromatic rings. The number of thioether (sulfide) groups is 1. The van der Waals surface area contributed by atoms with Gasteiger partial charge < -0.3 is 35.4 Å². The number of aliphatic hydroxyl groups is 3. The van der Waals surface area contributed by atoms with Crippen LogP contribution in [-0.4, -0.2) is 94.6 Å². The molecule has 0 bridgehead atoms. The summed E-state index contributed by atoms with van der Waals surface area (Å²) in [5.74, 6) is 0.210. The maximum Gasteiger partial charge on any atom is 0.237 e. The summed E-state index contributed by atoms with van der Waals surface area (Å²) in [6, 6.07) is -1.09. The van der Waals surface area contributed by atoms with Gasteiger partial charge in [0.1, 0.15) is 29.9 Å². The number of carbonyl (C=O) groups excluding carboxylic acids is 1. The van der Waals surface area contributed by atoms with Gasteiger partial charge in [0.2, 0.25) is 5.91 Å². The first-order valence-electron chi connectivity index (χ1n) is 10.3. The highest BCUT2D eigenvalue weighted by Crippen LogP contribution is 2.30. The molecular weight excluding hydrogens is 420 g/mol. The minimum absolute atomic E-state index is 0.211. The van der Waals surface area contributed by atoms with Crippen LogP contribution in [0, 0.1) is 5.92 Å². The minimum atomic E-state index is -1.38. The Balaban J connectivity index is 2.01. The van der Waals surface area contributed by atoms with Crippen molar-refractivity contribution in [2.45, 2.75) is 80.4 Å². The normalized spacial score (nSPS) is 38.1. The lowest BCUT2D eigenvalue weighted by atomic mass is 9.92. The van der Waals surface area contributed by atoms with Gasteiger partial charge in [0.25, 0.3) is 0 Å². The fraction of sp³-hybridized carbons (Fsp3) is 0.947. The number of hydrogen-bond donors (Lipinski definition) is 5. The largest absolute Gasteiger partial charge is 0.388 e. The van der Waals surface area contributed by atoms with Crippen LogP contribution in [0.2, 0.25) is 0 Å². The third-order valence-electron chi connectivity index (χ3n) is 5.68. The number of nitrogens with one attached hydrogen (secondary N) is 2. The van der Waals surface area contributed by atoms with E-state index in [4.69, 9.17) is 21.1 Å². The highest BCUT2D eigenvalue weighted by Gasteiger charge is 2.48. The number of halogens is 1. The Kier molecular flexibility index (Phi) is 10.4. The van der Waals surface area contributed by atoms with Crippen LogP contribution in [0.25, 0.3) is 0 Å². The van der Waals surface area contributed by atoms with Gasteiger partial charge in [-0.2, -0.15) is 0 Å². The van der Waals surface area contributed by atoms with Crippen LogP contribution in [0.5, 0.6) is 0 Å². The first-order chi connectivity index (χ1) is 13.8. The van der Waals surface area contributed by atoms with Crippen molar-refractivity contribution in [2.24, 2.45) is 5.92 Å². The highest BCUT2D eigenvalue weighted by molar-refractivity contribution is 7.99. The van der Waals surface area contributed by atoms with Gasteiger partial charge in [0.05, 0.1) is 17.5 Å². The molecule has 2 aliphatic heterocycles. The Morgan fingerprint density at radius 1 is 1.28 bits per heavy atom. The SMILES string of the molecule is CCOC[C@@H]1CCNC(C(=O)NC(C(C)Cl)C2OC(SC)C(O)C(O)C2O)CC1. The summed E-state index contributed by atoms with van der Waals surface area (Å²) in [6.07, 6.45) is -0.648. The molecule has 5 N–H and O–H groups in total. The van der Waals surface area contributed by atoms with Gasteiger partial charge >= 0.3 is 0 Å². The number of carbonyl (C=O) groups is 1. The molecule has 170 valence electrons. The molecule has 2 aliphatic rings. The summed E-state index contributed by atoms with van der Waals surface area (Å²) in [4.78, 5) is 12.9. The first-order valence-corrected chi connectivity index (χ1v) is 12.0. The quantitative estimate of drug-likeness (QED) is 0.327. The summed E-state index contributed by atoms with van der Waals surface area (Å²) in [7, 11) is 0. The lowest BCUT2D eigenvalue weighted by Gasteiger charge is -2.44. The molecule has 0 radical (unpaired) electrons. The smallest absolute Gasteiger partial charge is 0.237 e. The van der Waals surface area contributed by atoms with Crippen molar-refractivity contribution in [2.75, 3.05) is 26.0 Å². The molecule has 10 heteroatoms. The Hall–Kier alpha value is -0.130. The van der Waals surface area contributed by atoms with Gasteiger partial charge in [-0.25, -0.2) is 0 Å². The van der Waals surface area contributed by atoms with E-state index in [1.807, 2.05) is 6.92 Å². The molecule has 8 unspecified atom stereocenters. The van der Waals surface area contributed by atoms with Crippen molar-refractivity contribution >= 4 is 29.3 Å². The number of ether oxygens (including phenoxy) is 2. The van der Waals surface area contributed by atoms with E-state index in [1.165, 1.54) is 11.8 Å². The topological polar surface area (TPSA) is 120 Å². The zero-order chi connectivity index (χ0) is 21.6. The van der Waals surface area contributed by atoms with E-state index >= 15 is 0 Å². The van der Waals surface area contributed by atoms with Crippen LogP contribution in [0.1, 0.15) is 33.1 Å². The van der Waals surface area contributed by atoms with E-state index in [-0.39, 0.29) is 11.9 Å². The number of hydrogen-bond acceptors (Lipinski definition) is 8. The molecule has 0 aliphatic carbocycles. The van der Waals surface area contributed by atoms with Crippen LogP contribution in [0.15, 0.2) is 0 Å². The monoisotopic (exact) mass is 454 g/mol. The standard InChI is InChI=1S/C19H35ClN2O6S/c1-4-27-9-11-5-6-12(21-8-7-11)18(26)22-13(10(2)20)17-15(24)14(23)16(25)19(28-17)29-3/h10-17,19,21,23-25H,4-9H2,1-3H3,(H,22,26)/t10?,11-,12?,13?,14?,15?,16?,17?,19?/m0/s1. The van der Waals surface area contributed by atoms with Crippen LogP contribution in [0.4, 0.5) is 0 Å². The first kappa shape index (κ1) is 25.1. The number of amides is 1. The van der Waals surface area contributed by atoms with Crippen LogP contribution < -0.4 is 10.6 Å². The molecule has 2 saturated heterocycles. The number of alkyl halides is 1. The summed E-state index contributed by atoms with van der Waals surface area (Å²) in [5.41, 5.74) is -0.719. The van der Waals surface area contributed by atoms with E-state index in [0.717, 1.165) is 19.4 Å². The molecule has 2 heterocycles. The van der Waals surface area contributed by atoms with Crippen molar-refractivity contribution in [1.29, 1.82) is 0 Å². The van der Waals surface area contributed by atoms with Gasteiger partial charge in [-0.3, -0.25) is 4.79 Å². The molecule has 0 aromatic carbocycles. The second kappa shape index (κ2) is 12.0. The third-order valence-corrected chi connectivity index (χ3v) is 6.80. The van der Waals surface area contributed by atoms with E-state index < -0.39 is 41.3 Å². The molecule has 29 heavy (non-hydrogen) atoms. The average molecular weight is 455 g/mol. The average Bonchev–Trinajstić information content (AvgIpc) is 2.95. The molecule has 0 saturated carbocycles. The fourth-order valence-electron chi connectivity index (χ4n) is 3.87. The van der Waals surface area contributed by atoms with Crippen LogP contribution >= 0.6 is 23.4 Å². The minimum Gasteiger partial charge on any atom is -0.388 e. The van der Waals surface area contributed by atoms with Gasteiger partial charge in [0.15, 0.2) is 0 Å². The molecule has 2 fully saturated rings. The van der Waals surface area contributed by atoms with E-state index in [9.17, 15) is 20.1 Å². The molecule has 0 aromatic heterocycles. The third kappa shape index (κ3) is 6.67. The Labute approximate surface area is 182 Å². The molecule has 8 nitrogen and oxygen atoms in total. The molecule has 9 atom stereocenters. The summed E-state index contributed by atoms with van der Waals surface area (Å²) >= 11 is 7.54. The Morgan fingerprint density at radius 3 is 2.62 bits per heavy atom. The number of aliphatic hydroxyl groups excluding tert-OH is 3. The van der Waals surface area contributed by atoms with Gasteiger partial charge in [-0.05, 0) is 51.8 Å². The van der Waals surface area contributed by atoms with Crippen molar-refractivity contribution < 1.29 is 29.6 Å². The lowest BCUT2D eigenvalue weighted by molar-refractivity contribution is -0.205. The zero-order valence-electron chi connectivity index (χ0n) is 17.3. The lowest BCUT2D eigenvalue weighted by Crippen LogP contribution is -2.65. The Bertz CT molecular complexity index is 515. The van der Waals surface area contributed by atoms with Crippen molar-refractivity contribution in [1.82, 2.24) is 10.6 Å². The van der Waals surface area contributed by atoms with E-state index in [0.29, 0.717) is 25.6 Å². The van der Waals surface area contributed by atoms with Gasteiger partial charge in [-0.15, -0.1) is 23.4 Å². The summed E-state index contributed by atoms with van der Waals surface area (Å²) < 4.78 is 11.3. The van der Waals surface area contributed by atoms with E-state index in [2.05, 4.69) is 10.6 Å². The molecule has 0 spiro atoms. The maximum atomic E-state index is 12.9. The van der Waals surface area contributed by atoms with Gasteiger partial charge in [-0.1, -0.05) is 0 Å². The molecule has 2 rings (SSSR count). The van der Waals surface area contributed by atoms with Gasteiger partial charge in [0, 0.05) is 13.2 Å². The second-order valence-corrected chi connectivity index (χ2v) is 9.41. The van der Waals surface area contributed by atoms with Crippen molar-refractivity contribution in [3.05, 3.63) is 0 Å². The predicted octanol–water partition coefficient (Wildman–Crippen LogP) is 0.0639. The van der Waals surface area contributed by atoms with Crippen molar-refractivity contribution in [3.8, 4) is 0 Å². The fourth-order valence-corrected chi connectivity index (χ4v) is 4.76. The van der Waals surface area contributed by atoms with Crippen molar-refractivity contribution in [3.63, 3.8) is 0 Å². The highest BCUT2D eigenvalue weighted by atomic mass is 35.5. The zero-order valence-corrected chi connectivity index (χ0v) is 18.9. The molecule has 1 amide bonds. The van der Waals surface area contributed by atoms with Crippen LogP contribution in [0.3, 0.4) is 0 Å².